The standard InChI is InChI=1S/C21H24O2/c1-20(2)16-11-12-21(19(20)13-16,14-3-7-17(22)8-4-14)15-5-9-18(23)10-6-15/h3-10,16,19,22-23H,11-13H2,1-2H3. The van der Waals surface area contributed by atoms with Crippen LogP contribution in [0.4, 0.5) is 0 Å². The van der Waals surface area contributed by atoms with Crippen molar-refractivity contribution in [2.75, 3.05) is 0 Å². The summed E-state index contributed by atoms with van der Waals surface area (Å²) in [7, 11) is 0. The molecule has 2 nitrogen and oxygen atoms in total. The molecule has 0 spiro atoms. The molecule has 2 N–H and O–H groups in total. The molecular weight excluding hydrogens is 284 g/mol. The minimum Gasteiger partial charge on any atom is -0.508 e. The van der Waals surface area contributed by atoms with E-state index in [1.165, 1.54) is 24.0 Å². The molecule has 3 aliphatic carbocycles. The number of aromatic hydroxyl groups is 2. The van der Waals surface area contributed by atoms with E-state index < -0.39 is 0 Å². The third kappa shape index (κ3) is 1.94. The van der Waals surface area contributed by atoms with Gasteiger partial charge in [0.05, 0.1) is 0 Å². The maximum Gasteiger partial charge on any atom is 0.115 e. The molecule has 0 saturated heterocycles. The molecule has 3 saturated carbocycles. The van der Waals surface area contributed by atoms with Gasteiger partial charge in [-0.25, -0.2) is 0 Å². The average molecular weight is 308 g/mol. The molecule has 0 heterocycles. The van der Waals surface area contributed by atoms with Crippen LogP contribution < -0.4 is 0 Å². The Morgan fingerprint density at radius 1 is 0.826 bits per heavy atom. The van der Waals surface area contributed by atoms with E-state index in [0.717, 1.165) is 12.3 Å². The maximum atomic E-state index is 9.69. The molecule has 0 radical (unpaired) electrons. The van der Waals surface area contributed by atoms with Crippen molar-refractivity contribution in [3.63, 3.8) is 0 Å². The van der Waals surface area contributed by atoms with Gasteiger partial charge in [0.15, 0.2) is 0 Å². The Bertz CT molecular complexity index is 665. The molecule has 0 amide bonds. The van der Waals surface area contributed by atoms with Crippen molar-refractivity contribution in [1.82, 2.24) is 0 Å². The first-order chi connectivity index (χ1) is 10.9. The average Bonchev–Trinajstić information content (AvgIpc) is 2.55. The molecule has 0 aromatic heterocycles. The number of hydrogen-bond donors (Lipinski definition) is 2. The van der Waals surface area contributed by atoms with Crippen molar-refractivity contribution in [3.8, 4) is 11.5 Å². The van der Waals surface area contributed by atoms with Crippen LogP contribution in [0, 0.1) is 17.3 Å². The van der Waals surface area contributed by atoms with Crippen molar-refractivity contribution >= 4 is 0 Å². The first-order valence-electron chi connectivity index (χ1n) is 8.53. The minimum atomic E-state index is -0.0142. The van der Waals surface area contributed by atoms with E-state index in [4.69, 9.17) is 0 Å². The fourth-order valence-electron chi connectivity index (χ4n) is 5.29. The molecule has 0 aliphatic heterocycles. The van der Waals surface area contributed by atoms with Crippen LogP contribution in [0.1, 0.15) is 44.2 Å². The van der Waals surface area contributed by atoms with E-state index in [9.17, 15) is 10.2 Å². The van der Waals surface area contributed by atoms with Crippen molar-refractivity contribution in [3.05, 3.63) is 59.7 Å². The molecule has 3 aliphatic rings. The monoisotopic (exact) mass is 308 g/mol. The highest BCUT2D eigenvalue weighted by atomic mass is 16.3. The third-order valence-corrected chi connectivity index (χ3v) is 6.72. The van der Waals surface area contributed by atoms with E-state index in [-0.39, 0.29) is 5.41 Å². The van der Waals surface area contributed by atoms with Gasteiger partial charge >= 0.3 is 0 Å². The second-order valence-electron chi connectivity index (χ2n) is 7.91. The summed E-state index contributed by atoms with van der Waals surface area (Å²) in [5.74, 6) is 2.06. The molecule has 3 fully saturated rings. The van der Waals surface area contributed by atoms with Crippen LogP contribution in [0.15, 0.2) is 48.5 Å². The van der Waals surface area contributed by atoms with Gasteiger partial charge in [-0.05, 0) is 71.9 Å². The van der Waals surface area contributed by atoms with Gasteiger partial charge < -0.3 is 10.2 Å². The zero-order chi connectivity index (χ0) is 16.2. The minimum absolute atomic E-state index is 0.0142. The van der Waals surface area contributed by atoms with E-state index in [1.807, 2.05) is 0 Å². The Hall–Kier alpha value is -1.96. The van der Waals surface area contributed by atoms with Gasteiger partial charge in [-0.1, -0.05) is 38.1 Å². The Balaban J connectivity index is 1.90. The fourth-order valence-corrected chi connectivity index (χ4v) is 5.29. The van der Waals surface area contributed by atoms with E-state index >= 15 is 0 Å². The van der Waals surface area contributed by atoms with Gasteiger partial charge in [-0.3, -0.25) is 0 Å². The van der Waals surface area contributed by atoms with E-state index in [1.54, 1.807) is 24.3 Å². The highest BCUT2D eigenvalue weighted by Crippen LogP contribution is 2.68. The summed E-state index contributed by atoms with van der Waals surface area (Å²) in [5.41, 5.74) is 2.91. The second-order valence-corrected chi connectivity index (χ2v) is 7.91. The van der Waals surface area contributed by atoms with Gasteiger partial charge in [0.1, 0.15) is 11.5 Å². The molecule has 5 rings (SSSR count). The van der Waals surface area contributed by atoms with Crippen LogP contribution in [0.5, 0.6) is 11.5 Å². The fraction of sp³-hybridized carbons (Fsp3) is 0.429. The largest absolute Gasteiger partial charge is 0.508 e. The van der Waals surface area contributed by atoms with Crippen molar-refractivity contribution in [2.45, 2.75) is 38.5 Å². The van der Waals surface area contributed by atoms with Gasteiger partial charge in [0.2, 0.25) is 0 Å². The summed E-state index contributed by atoms with van der Waals surface area (Å²) < 4.78 is 0. The first-order valence-corrected chi connectivity index (χ1v) is 8.53. The Morgan fingerprint density at radius 2 is 1.30 bits per heavy atom. The van der Waals surface area contributed by atoms with Gasteiger partial charge in [0.25, 0.3) is 0 Å². The maximum absolute atomic E-state index is 9.69. The molecular formula is C21H24O2. The highest BCUT2D eigenvalue weighted by Gasteiger charge is 2.61. The summed E-state index contributed by atoms with van der Waals surface area (Å²) in [6.45, 7) is 4.81. The smallest absolute Gasteiger partial charge is 0.115 e. The molecule has 2 bridgehead atoms. The second kappa shape index (κ2) is 4.77. The summed E-state index contributed by atoms with van der Waals surface area (Å²) >= 11 is 0. The number of benzene rings is 2. The lowest BCUT2D eigenvalue weighted by Crippen LogP contribution is -2.60. The van der Waals surface area contributed by atoms with Crippen molar-refractivity contribution in [2.24, 2.45) is 17.3 Å². The topological polar surface area (TPSA) is 40.5 Å². The molecule has 2 aromatic carbocycles. The van der Waals surface area contributed by atoms with Crippen LogP contribution in [0.3, 0.4) is 0 Å². The number of fused-ring (bicyclic) bond motifs is 2. The molecule has 2 atom stereocenters. The van der Waals surface area contributed by atoms with Crippen LogP contribution in [-0.2, 0) is 5.41 Å². The lowest BCUT2D eigenvalue weighted by Gasteiger charge is -2.65. The summed E-state index contributed by atoms with van der Waals surface area (Å²) in [6, 6.07) is 15.5. The predicted octanol–water partition coefficient (Wildman–Crippen LogP) is 4.84. The van der Waals surface area contributed by atoms with Gasteiger partial charge in [-0.15, -0.1) is 0 Å². The lowest BCUT2D eigenvalue weighted by atomic mass is 9.38. The quantitative estimate of drug-likeness (QED) is 0.833. The Kier molecular flexibility index (Phi) is 3.03. The number of hydrogen-bond acceptors (Lipinski definition) is 2. The number of phenolic OH excluding ortho intramolecular Hbond substituents is 2. The van der Waals surface area contributed by atoms with Crippen LogP contribution in [0.25, 0.3) is 0 Å². The molecule has 23 heavy (non-hydrogen) atoms. The first kappa shape index (κ1) is 14.6. The summed E-state index contributed by atoms with van der Waals surface area (Å²) in [4.78, 5) is 0. The highest BCUT2D eigenvalue weighted by molar-refractivity contribution is 5.46. The van der Waals surface area contributed by atoms with Gasteiger partial charge in [0, 0.05) is 5.41 Å². The molecule has 2 heteroatoms. The SMILES string of the molecule is CC1(C)C2CCC(c3ccc(O)cc3)(c3ccc(O)cc3)C1C2. The lowest BCUT2D eigenvalue weighted by molar-refractivity contribution is -0.108. The number of rotatable bonds is 2. The predicted molar refractivity (Wildman–Crippen MR) is 91.6 cm³/mol. The molecule has 120 valence electrons. The van der Waals surface area contributed by atoms with Crippen LogP contribution in [-0.4, -0.2) is 10.2 Å². The third-order valence-electron chi connectivity index (χ3n) is 6.72. The van der Waals surface area contributed by atoms with Crippen LogP contribution >= 0.6 is 0 Å². The summed E-state index contributed by atoms with van der Waals surface area (Å²) in [6.07, 6.45) is 3.65. The zero-order valence-electron chi connectivity index (χ0n) is 13.8. The number of phenols is 2. The molecule has 2 aromatic rings. The van der Waals surface area contributed by atoms with Crippen molar-refractivity contribution < 1.29 is 10.2 Å². The molecule has 2 unspecified atom stereocenters. The summed E-state index contributed by atoms with van der Waals surface area (Å²) in [5, 5.41) is 19.4. The van der Waals surface area contributed by atoms with E-state index in [0.29, 0.717) is 22.8 Å². The zero-order valence-corrected chi connectivity index (χ0v) is 13.8. The van der Waals surface area contributed by atoms with Crippen LogP contribution in [0.2, 0.25) is 0 Å². The normalized spacial score (nSPS) is 27.2. The van der Waals surface area contributed by atoms with E-state index in [2.05, 4.69) is 38.1 Å². The van der Waals surface area contributed by atoms with Crippen molar-refractivity contribution in [1.29, 1.82) is 0 Å². The Morgan fingerprint density at radius 3 is 1.70 bits per heavy atom. The Labute approximate surface area is 137 Å². The van der Waals surface area contributed by atoms with Gasteiger partial charge in [-0.2, -0.15) is 0 Å².